The lowest BCUT2D eigenvalue weighted by molar-refractivity contribution is -0.113. The number of rotatable bonds is 4. The maximum atomic E-state index is 13.4. The number of pyridine rings is 1. The summed E-state index contributed by atoms with van der Waals surface area (Å²) < 4.78 is 1.74. The van der Waals surface area contributed by atoms with Crippen LogP contribution in [0.15, 0.2) is 65.4 Å². The molecule has 0 saturated heterocycles. The molecule has 7 nitrogen and oxygen atoms in total. The number of amides is 1. The molecular formula is C23H18Cl2N6OS. The van der Waals surface area contributed by atoms with Gasteiger partial charge in [-0.2, -0.15) is 4.98 Å². The average molecular weight is 497 g/mol. The number of nitrogens with zero attached hydrogens (tertiary/aromatic N) is 4. The molecule has 4 heterocycles. The second-order valence-corrected chi connectivity index (χ2v) is 9.35. The van der Waals surface area contributed by atoms with Crippen molar-refractivity contribution in [2.75, 3.05) is 10.6 Å². The minimum absolute atomic E-state index is 0.238. The Labute approximate surface area is 204 Å². The van der Waals surface area contributed by atoms with Crippen LogP contribution in [0.25, 0.3) is 11.4 Å². The number of hydrogen-bond acceptors (Lipinski definition) is 6. The number of halogens is 2. The van der Waals surface area contributed by atoms with Crippen LogP contribution in [-0.2, 0) is 4.79 Å². The number of benzene rings is 1. The van der Waals surface area contributed by atoms with Crippen molar-refractivity contribution in [3.05, 3.63) is 85.9 Å². The molecule has 2 N–H and O–H groups in total. The summed E-state index contributed by atoms with van der Waals surface area (Å²) >= 11 is 14.0. The van der Waals surface area contributed by atoms with Crippen LogP contribution in [0.3, 0.4) is 0 Å². The van der Waals surface area contributed by atoms with Crippen LogP contribution in [-0.4, -0.2) is 25.7 Å². The van der Waals surface area contributed by atoms with Gasteiger partial charge in [0.1, 0.15) is 6.04 Å². The van der Waals surface area contributed by atoms with E-state index in [1.54, 1.807) is 58.7 Å². The fraction of sp³-hybridized carbons (Fsp3) is 0.130. The van der Waals surface area contributed by atoms with Crippen molar-refractivity contribution in [2.24, 2.45) is 0 Å². The Morgan fingerprint density at radius 1 is 1.21 bits per heavy atom. The van der Waals surface area contributed by atoms with Gasteiger partial charge in [0, 0.05) is 27.4 Å². The van der Waals surface area contributed by atoms with E-state index in [0.29, 0.717) is 44.3 Å². The minimum atomic E-state index is -0.453. The third-order valence-corrected chi connectivity index (χ3v) is 6.96. The zero-order valence-electron chi connectivity index (χ0n) is 17.6. The van der Waals surface area contributed by atoms with Crippen LogP contribution >= 0.6 is 34.5 Å². The van der Waals surface area contributed by atoms with E-state index < -0.39 is 6.04 Å². The SMILES string of the molecule is CC1=C(C(=O)Nc2cccnc2)C(c2sccc2C)n2nc(-c3ccc(Cl)cc3Cl)nc2N1. The molecule has 0 fully saturated rings. The lowest BCUT2D eigenvalue weighted by atomic mass is 9.99. The fourth-order valence-corrected chi connectivity index (χ4v) is 5.28. The molecule has 3 aromatic heterocycles. The number of carbonyl (C=O) groups excluding carboxylic acids is 1. The number of allylic oxidation sites excluding steroid dienone is 1. The van der Waals surface area contributed by atoms with Crippen molar-refractivity contribution in [3.8, 4) is 11.4 Å². The van der Waals surface area contributed by atoms with Crippen LogP contribution in [0.2, 0.25) is 10.0 Å². The summed E-state index contributed by atoms with van der Waals surface area (Å²) in [6, 6.07) is 10.3. The van der Waals surface area contributed by atoms with Crippen molar-refractivity contribution in [2.45, 2.75) is 19.9 Å². The number of aryl methyl sites for hydroxylation is 1. The highest BCUT2D eigenvalue weighted by Gasteiger charge is 2.36. The first kappa shape index (κ1) is 21.6. The highest BCUT2D eigenvalue weighted by molar-refractivity contribution is 7.10. The molecule has 5 rings (SSSR count). The van der Waals surface area contributed by atoms with Gasteiger partial charge in [0.25, 0.3) is 5.91 Å². The summed E-state index contributed by atoms with van der Waals surface area (Å²) in [6.07, 6.45) is 3.27. The Kier molecular flexibility index (Phi) is 5.65. The number of hydrogen-bond donors (Lipinski definition) is 2. The Balaban J connectivity index is 1.61. The molecule has 4 aromatic rings. The third-order valence-electron chi connectivity index (χ3n) is 5.34. The number of fused-ring (bicyclic) bond motifs is 1. The number of aromatic nitrogens is 4. The third kappa shape index (κ3) is 4.01. The summed E-state index contributed by atoms with van der Waals surface area (Å²) in [6.45, 7) is 3.88. The minimum Gasteiger partial charge on any atom is -0.328 e. The van der Waals surface area contributed by atoms with Gasteiger partial charge in [-0.25, -0.2) is 4.68 Å². The van der Waals surface area contributed by atoms with E-state index >= 15 is 0 Å². The first-order valence-corrected chi connectivity index (χ1v) is 11.7. The lowest BCUT2D eigenvalue weighted by Gasteiger charge is -2.28. The average Bonchev–Trinajstić information content (AvgIpc) is 3.39. The molecule has 1 aliphatic heterocycles. The van der Waals surface area contributed by atoms with E-state index in [9.17, 15) is 4.79 Å². The van der Waals surface area contributed by atoms with Crippen molar-refractivity contribution in [3.63, 3.8) is 0 Å². The largest absolute Gasteiger partial charge is 0.328 e. The van der Waals surface area contributed by atoms with Gasteiger partial charge in [-0.05, 0) is 61.2 Å². The molecule has 10 heteroatoms. The maximum absolute atomic E-state index is 13.4. The van der Waals surface area contributed by atoms with E-state index in [0.717, 1.165) is 10.4 Å². The Bertz CT molecular complexity index is 1400. The smallest absolute Gasteiger partial charge is 0.255 e. The monoisotopic (exact) mass is 496 g/mol. The number of nitrogens with one attached hydrogen (secondary N) is 2. The zero-order chi connectivity index (χ0) is 23.1. The summed E-state index contributed by atoms with van der Waals surface area (Å²) in [7, 11) is 0. The van der Waals surface area contributed by atoms with Crippen molar-refractivity contribution in [1.29, 1.82) is 0 Å². The van der Waals surface area contributed by atoms with Gasteiger partial charge >= 0.3 is 0 Å². The van der Waals surface area contributed by atoms with E-state index in [1.165, 1.54) is 0 Å². The van der Waals surface area contributed by atoms with E-state index in [-0.39, 0.29) is 5.91 Å². The van der Waals surface area contributed by atoms with Gasteiger partial charge in [-0.15, -0.1) is 16.4 Å². The summed E-state index contributed by atoms with van der Waals surface area (Å²) in [5.41, 5.74) is 3.59. The molecule has 1 aromatic carbocycles. The highest BCUT2D eigenvalue weighted by Crippen LogP contribution is 2.40. The predicted molar refractivity (Wildman–Crippen MR) is 132 cm³/mol. The molecule has 166 valence electrons. The Morgan fingerprint density at radius 3 is 2.76 bits per heavy atom. The quantitative estimate of drug-likeness (QED) is 0.364. The molecule has 0 aliphatic carbocycles. The van der Waals surface area contributed by atoms with E-state index in [2.05, 4.69) is 20.6 Å². The number of anilines is 2. The number of carbonyl (C=O) groups is 1. The Hall–Kier alpha value is -3.20. The molecule has 0 spiro atoms. The van der Waals surface area contributed by atoms with Crippen LogP contribution in [0, 0.1) is 6.92 Å². The normalized spacial score (nSPS) is 15.2. The number of thiophene rings is 1. The molecule has 1 atom stereocenters. The van der Waals surface area contributed by atoms with Crippen LogP contribution < -0.4 is 10.6 Å². The summed E-state index contributed by atoms with van der Waals surface area (Å²) in [5.74, 6) is 0.738. The molecular weight excluding hydrogens is 479 g/mol. The first-order valence-electron chi connectivity index (χ1n) is 10.1. The highest BCUT2D eigenvalue weighted by atomic mass is 35.5. The van der Waals surface area contributed by atoms with Crippen LogP contribution in [0.1, 0.15) is 23.4 Å². The fourth-order valence-electron chi connectivity index (χ4n) is 3.77. The molecule has 0 saturated carbocycles. The summed E-state index contributed by atoms with van der Waals surface area (Å²) in [4.78, 5) is 23.2. The molecule has 0 bridgehead atoms. The summed E-state index contributed by atoms with van der Waals surface area (Å²) in [5, 5.41) is 13.9. The molecule has 33 heavy (non-hydrogen) atoms. The van der Waals surface area contributed by atoms with E-state index in [1.807, 2.05) is 25.3 Å². The second-order valence-electron chi connectivity index (χ2n) is 7.56. The van der Waals surface area contributed by atoms with Crippen molar-refractivity contribution < 1.29 is 4.79 Å². The van der Waals surface area contributed by atoms with Crippen LogP contribution in [0.4, 0.5) is 11.6 Å². The van der Waals surface area contributed by atoms with Crippen molar-refractivity contribution >= 4 is 52.1 Å². The maximum Gasteiger partial charge on any atom is 0.255 e. The van der Waals surface area contributed by atoms with E-state index in [4.69, 9.17) is 28.3 Å². The van der Waals surface area contributed by atoms with Crippen molar-refractivity contribution in [1.82, 2.24) is 19.7 Å². The topological polar surface area (TPSA) is 84.7 Å². The predicted octanol–water partition coefficient (Wildman–Crippen LogP) is 5.94. The Morgan fingerprint density at radius 2 is 2.06 bits per heavy atom. The molecule has 0 radical (unpaired) electrons. The zero-order valence-corrected chi connectivity index (χ0v) is 20.0. The van der Waals surface area contributed by atoms with Gasteiger partial charge < -0.3 is 10.6 Å². The van der Waals surface area contributed by atoms with Gasteiger partial charge in [0.05, 0.1) is 22.5 Å². The van der Waals surface area contributed by atoms with Gasteiger partial charge in [0.15, 0.2) is 5.82 Å². The first-order chi connectivity index (χ1) is 15.9. The molecule has 1 amide bonds. The second kappa shape index (κ2) is 8.62. The van der Waals surface area contributed by atoms with Gasteiger partial charge in [0.2, 0.25) is 5.95 Å². The van der Waals surface area contributed by atoms with Gasteiger partial charge in [-0.3, -0.25) is 9.78 Å². The van der Waals surface area contributed by atoms with Crippen LogP contribution in [0.5, 0.6) is 0 Å². The molecule has 1 aliphatic rings. The lowest BCUT2D eigenvalue weighted by Crippen LogP contribution is -2.31. The van der Waals surface area contributed by atoms with Gasteiger partial charge in [-0.1, -0.05) is 23.2 Å². The molecule has 1 unspecified atom stereocenters. The standard InChI is InChI=1S/C23H18Cl2N6OS/c1-12-7-9-33-20(12)19-18(22(32)28-15-4-3-8-26-11-15)13(2)27-23-29-21(30-31(19)23)16-6-5-14(24)10-17(16)25/h3-11,19H,1-2H3,(H,28,32)(H,27,29,30).